The molecule has 9 aromatic rings. The van der Waals surface area contributed by atoms with Crippen molar-refractivity contribution in [1.82, 2.24) is 24.1 Å². The summed E-state index contributed by atoms with van der Waals surface area (Å²) in [5, 5.41) is 4.77. The highest BCUT2D eigenvalue weighted by atomic mass is 15.2. The second kappa shape index (κ2) is 13.9. The molecule has 0 spiro atoms. The molecule has 0 bridgehead atoms. The molecule has 0 saturated heterocycles. The van der Waals surface area contributed by atoms with Gasteiger partial charge < -0.3 is 4.57 Å². The summed E-state index contributed by atoms with van der Waals surface area (Å²) in [5.74, 6) is 3.29. The summed E-state index contributed by atoms with van der Waals surface area (Å²) in [6, 6.07) is 50.9. The van der Waals surface area contributed by atoms with Gasteiger partial charge >= 0.3 is 0 Å². The van der Waals surface area contributed by atoms with E-state index in [2.05, 4.69) is 149 Å². The van der Waals surface area contributed by atoms with Crippen molar-refractivity contribution in [3.8, 4) is 34.4 Å². The minimum absolute atomic E-state index is 0.626. The van der Waals surface area contributed by atoms with Crippen LogP contribution in [-0.2, 0) is 0 Å². The molecule has 3 heterocycles. The van der Waals surface area contributed by atoms with Crippen molar-refractivity contribution in [2.24, 2.45) is 0 Å². The van der Waals surface area contributed by atoms with Crippen LogP contribution in [-0.4, -0.2) is 24.1 Å². The summed E-state index contributed by atoms with van der Waals surface area (Å²) >= 11 is 0. The van der Waals surface area contributed by atoms with E-state index in [1.54, 1.807) is 0 Å². The van der Waals surface area contributed by atoms with Gasteiger partial charge in [-0.25, -0.2) is 4.98 Å². The zero-order chi connectivity index (χ0) is 37.0. The largest absolute Gasteiger partial charge is 0.307 e. The van der Waals surface area contributed by atoms with Gasteiger partial charge in [0.2, 0.25) is 5.95 Å². The summed E-state index contributed by atoms with van der Waals surface area (Å²) in [6.07, 6.45) is 13.1. The van der Waals surface area contributed by atoms with Crippen molar-refractivity contribution in [3.05, 3.63) is 151 Å². The maximum atomic E-state index is 5.40. The smallest absolute Gasteiger partial charge is 0.238 e. The third kappa shape index (κ3) is 5.63. The monoisotopic (exact) mass is 727 g/mol. The lowest BCUT2D eigenvalue weighted by Gasteiger charge is -2.22. The van der Waals surface area contributed by atoms with E-state index in [-0.39, 0.29) is 0 Å². The maximum Gasteiger partial charge on any atom is 0.238 e. The first-order valence-corrected chi connectivity index (χ1v) is 20.8. The molecule has 0 amide bonds. The number of hydrogen-bond acceptors (Lipinski definition) is 3. The fourth-order valence-corrected chi connectivity index (χ4v) is 9.96. The first kappa shape index (κ1) is 33.3. The first-order chi connectivity index (χ1) is 27.8. The standard InChI is InChI=1S/C51H45N5/c1-4-14-34(15-5-1)36-24-28-38(29-25-36)49-52-50(39-30-26-37(27-31-39)35-16-6-2-7-17-35)54-51(53-49)56-46-23-13-11-21-42(46)44-33-32-43-41-20-10-12-22-45(41)55(47(43)48(44)56)40-18-8-3-9-19-40/h3,8-13,18-35H,1-2,4-7,14-17H2. The molecule has 2 fully saturated rings. The molecule has 0 atom stereocenters. The second-order valence-corrected chi connectivity index (χ2v) is 16.1. The van der Waals surface area contributed by atoms with Crippen molar-refractivity contribution in [2.45, 2.75) is 76.0 Å². The van der Waals surface area contributed by atoms with E-state index in [9.17, 15) is 0 Å². The Balaban J connectivity index is 1.17. The average Bonchev–Trinajstić information content (AvgIpc) is 3.80. The molecule has 2 aliphatic rings. The highest BCUT2D eigenvalue weighted by Crippen LogP contribution is 2.42. The summed E-state index contributed by atoms with van der Waals surface area (Å²) < 4.78 is 4.71. The molecular formula is C51H45N5. The molecule has 0 aliphatic heterocycles. The summed E-state index contributed by atoms with van der Waals surface area (Å²) in [6.45, 7) is 0. The molecule has 0 radical (unpaired) electrons. The van der Waals surface area contributed by atoms with E-state index in [4.69, 9.17) is 15.0 Å². The van der Waals surface area contributed by atoms with E-state index in [0.29, 0.717) is 29.4 Å². The Bertz CT molecular complexity index is 2770. The molecule has 0 N–H and O–H groups in total. The van der Waals surface area contributed by atoms with Crippen LogP contribution in [0.2, 0.25) is 0 Å². The van der Waals surface area contributed by atoms with Gasteiger partial charge in [-0.1, -0.05) is 154 Å². The highest BCUT2D eigenvalue weighted by molar-refractivity contribution is 6.23. The number of nitrogens with zero attached hydrogens (tertiary/aromatic N) is 5. The molecule has 5 nitrogen and oxygen atoms in total. The third-order valence-electron chi connectivity index (χ3n) is 12.8. The van der Waals surface area contributed by atoms with E-state index < -0.39 is 0 Å². The summed E-state index contributed by atoms with van der Waals surface area (Å²) in [4.78, 5) is 16.0. The number of benzene rings is 6. The van der Waals surface area contributed by atoms with E-state index in [1.807, 2.05) is 0 Å². The molecule has 2 aliphatic carbocycles. The van der Waals surface area contributed by atoms with E-state index >= 15 is 0 Å². The van der Waals surface area contributed by atoms with Gasteiger partial charge in [0.15, 0.2) is 11.6 Å². The third-order valence-corrected chi connectivity index (χ3v) is 12.8. The van der Waals surface area contributed by atoms with Gasteiger partial charge in [-0.15, -0.1) is 0 Å². The molecule has 3 aromatic heterocycles. The molecule has 5 heteroatoms. The first-order valence-electron chi connectivity index (χ1n) is 20.8. The topological polar surface area (TPSA) is 48.5 Å². The number of para-hydroxylation sites is 3. The van der Waals surface area contributed by atoms with Gasteiger partial charge in [-0.05, 0) is 72.9 Å². The number of aromatic nitrogens is 5. The van der Waals surface area contributed by atoms with Crippen molar-refractivity contribution in [1.29, 1.82) is 0 Å². The normalized spacial score (nSPS) is 15.7. The molecular weight excluding hydrogens is 683 g/mol. The van der Waals surface area contributed by atoms with Crippen LogP contribution in [0.1, 0.15) is 87.2 Å². The van der Waals surface area contributed by atoms with Gasteiger partial charge in [-0.2, -0.15) is 9.97 Å². The molecule has 2 saturated carbocycles. The van der Waals surface area contributed by atoms with Gasteiger partial charge in [0, 0.05) is 38.4 Å². The van der Waals surface area contributed by atoms with Crippen molar-refractivity contribution >= 4 is 43.6 Å². The molecule has 56 heavy (non-hydrogen) atoms. The lowest BCUT2D eigenvalue weighted by Crippen LogP contribution is -2.08. The van der Waals surface area contributed by atoms with Crippen LogP contribution >= 0.6 is 0 Å². The number of rotatable bonds is 6. The fraction of sp³-hybridized carbons (Fsp3) is 0.235. The Morgan fingerprint density at radius 2 is 0.821 bits per heavy atom. The van der Waals surface area contributed by atoms with Gasteiger partial charge in [0.1, 0.15) is 0 Å². The van der Waals surface area contributed by atoms with Crippen LogP contribution in [0.4, 0.5) is 0 Å². The quantitative estimate of drug-likeness (QED) is 0.171. The molecule has 6 aromatic carbocycles. The van der Waals surface area contributed by atoms with Gasteiger partial charge in [0.25, 0.3) is 0 Å². The maximum absolute atomic E-state index is 5.40. The Kier molecular flexibility index (Phi) is 8.26. The minimum Gasteiger partial charge on any atom is -0.307 e. The zero-order valence-corrected chi connectivity index (χ0v) is 31.7. The highest BCUT2D eigenvalue weighted by Gasteiger charge is 2.24. The minimum atomic E-state index is 0.626. The SMILES string of the molecule is c1ccc(-n2c3ccccc3c3ccc4c5ccccc5n(-c5nc(-c6ccc(C7CCCCC7)cc6)nc(-c6ccc(C7CCCCC7)cc6)n5)c4c32)cc1. The Morgan fingerprint density at radius 1 is 0.375 bits per heavy atom. The van der Waals surface area contributed by atoms with Crippen molar-refractivity contribution in [2.75, 3.05) is 0 Å². The van der Waals surface area contributed by atoms with Gasteiger partial charge in [0.05, 0.1) is 22.1 Å². The Hall–Kier alpha value is -6.07. The summed E-state index contributed by atoms with van der Waals surface area (Å²) in [5.41, 5.74) is 10.5. The molecule has 11 rings (SSSR count). The van der Waals surface area contributed by atoms with Crippen LogP contribution in [0, 0.1) is 0 Å². The Morgan fingerprint density at radius 3 is 1.34 bits per heavy atom. The lowest BCUT2D eigenvalue weighted by molar-refractivity contribution is 0.443. The fourth-order valence-electron chi connectivity index (χ4n) is 9.96. The molecule has 0 unspecified atom stereocenters. The lowest BCUT2D eigenvalue weighted by atomic mass is 9.84. The van der Waals surface area contributed by atoms with Crippen molar-refractivity contribution < 1.29 is 0 Å². The zero-order valence-electron chi connectivity index (χ0n) is 31.7. The van der Waals surface area contributed by atoms with Crippen molar-refractivity contribution in [3.63, 3.8) is 0 Å². The van der Waals surface area contributed by atoms with Crippen LogP contribution in [0.15, 0.2) is 140 Å². The van der Waals surface area contributed by atoms with E-state index in [0.717, 1.165) is 33.4 Å². The Labute approximate surface area is 327 Å². The predicted molar refractivity (Wildman–Crippen MR) is 231 cm³/mol. The van der Waals surface area contributed by atoms with Crippen LogP contribution < -0.4 is 0 Å². The van der Waals surface area contributed by atoms with Crippen LogP contribution in [0.5, 0.6) is 0 Å². The van der Waals surface area contributed by atoms with Crippen LogP contribution in [0.3, 0.4) is 0 Å². The summed E-state index contributed by atoms with van der Waals surface area (Å²) in [7, 11) is 0. The number of fused-ring (bicyclic) bond motifs is 7. The van der Waals surface area contributed by atoms with Gasteiger partial charge in [-0.3, -0.25) is 4.57 Å². The average molecular weight is 728 g/mol. The molecule has 274 valence electrons. The van der Waals surface area contributed by atoms with E-state index in [1.165, 1.54) is 102 Å². The van der Waals surface area contributed by atoms with Crippen LogP contribution in [0.25, 0.3) is 78.0 Å². The number of hydrogen-bond donors (Lipinski definition) is 0. The predicted octanol–water partition coefficient (Wildman–Crippen LogP) is 13.5. The second-order valence-electron chi connectivity index (χ2n) is 16.1.